The zero-order valence-electron chi connectivity index (χ0n) is 14.8. The lowest BCUT2D eigenvalue weighted by Crippen LogP contribution is -2.33. The number of hydrogen-bond acceptors (Lipinski definition) is 6. The SMILES string of the molecule is CCOC(=O)c1ccc(N2C(=O)[C@@H]3C(c4ccc(F)cc4)=NO[C@H]3C2=O)cc1. The molecule has 2 aromatic carbocycles. The van der Waals surface area contributed by atoms with E-state index in [-0.39, 0.29) is 12.3 Å². The number of rotatable bonds is 4. The van der Waals surface area contributed by atoms with E-state index in [1.165, 1.54) is 48.5 Å². The van der Waals surface area contributed by atoms with Crippen LogP contribution in [0.15, 0.2) is 53.7 Å². The van der Waals surface area contributed by atoms with Gasteiger partial charge in [-0.1, -0.05) is 17.3 Å². The van der Waals surface area contributed by atoms with Gasteiger partial charge >= 0.3 is 5.97 Å². The van der Waals surface area contributed by atoms with Crippen LogP contribution in [0.5, 0.6) is 0 Å². The number of ether oxygens (including phenoxy) is 1. The zero-order valence-corrected chi connectivity index (χ0v) is 14.8. The van der Waals surface area contributed by atoms with Crippen LogP contribution >= 0.6 is 0 Å². The number of benzene rings is 2. The van der Waals surface area contributed by atoms with Gasteiger partial charge in [0, 0.05) is 5.56 Å². The van der Waals surface area contributed by atoms with Crippen molar-refractivity contribution in [1.82, 2.24) is 0 Å². The number of amides is 2. The first kappa shape index (κ1) is 17.8. The molecule has 0 saturated carbocycles. The molecule has 2 heterocycles. The Morgan fingerprint density at radius 1 is 1.11 bits per heavy atom. The minimum absolute atomic E-state index is 0.246. The standard InChI is InChI=1S/C20H15FN2O5/c1-2-27-20(26)12-5-9-14(10-6-12)23-18(24)15-16(22-28-17(15)19(23)25)11-3-7-13(21)8-4-11/h3-10,15,17H,2H2,1H3/t15-,17-/m1/s1. The fraction of sp³-hybridized carbons (Fsp3) is 0.200. The number of esters is 1. The molecule has 1 saturated heterocycles. The maximum Gasteiger partial charge on any atom is 0.338 e. The van der Waals surface area contributed by atoms with Crippen molar-refractivity contribution in [3.8, 4) is 0 Å². The third kappa shape index (κ3) is 2.83. The monoisotopic (exact) mass is 382 g/mol. The van der Waals surface area contributed by atoms with E-state index in [0.29, 0.717) is 16.8 Å². The first-order valence-electron chi connectivity index (χ1n) is 8.66. The maximum atomic E-state index is 13.2. The average Bonchev–Trinajstić information content (AvgIpc) is 3.23. The smallest absolute Gasteiger partial charge is 0.338 e. The van der Waals surface area contributed by atoms with Crippen molar-refractivity contribution in [2.75, 3.05) is 11.5 Å². The highest BCUT2D eigenvalue weighted by Gasteiger charge is 2.56. The second-order valence-corrected chi connectivity index (χ2v) is 6.27. The first-order chi connectivity index (χ1) is 13.5. The van der Waals surface area contributed by atoms with Crippen LogP contribution in [0, 0.1) is 11.7 Å². The van der Waals surface area contributed by atoms with Gasteiger partial charge in [0.25, 0.3) is 5.91 Å². The van der Waals surface area contributed by atoms with Crippen molar-refractivity contribution >= 4 is 29.2 Å². The van der Waals surface area contributed by atoms with Gasteiger partial charge in [-0.25, -0.2) is 14.1 Å². The molecule has 0 radical (unpaired) electrons. The van der Waals surface area contributed by atoms with Gasteiger partial charge in [-0.3, -0.25) is 9.59 Å². The molecule has 142 valence electrons. The van der Waals surface area contributed by atoms with E-state index in [0.717, 1.165) is 4.90 Å². The molecule has 0 aromatic heterocycles. The highest BCUT2D eigenvalue weighted by molar-refractivity contribution is 6.32. The second-order valence-electron chi connectivity index (χ2n) is 6.27. The molecule has 2 aliphatic heterocycles. The lowest BCUT2D eigenvalue weighted by Gasteiger charge is -2.15. The Balaban J connectivity index is 1.60. The fourth-order valence-electron chi connectivity index (χ4n) is 3.25. The molecule has 7 nitrogen and oxygen atoms in total. The second kappa shape index (κ2) is 6.88. The Bertz CT molecular complexity index is 985. The average molecular weight is 382 g/mol. The maximum absolute atomic E-state index is 13.2. The van der Waals surface area contributed by atoms with Crippen LogP contribution in [0.2, 0.25) is 0 Å². The minimum atomic E-state index is -1.06. The zero-order chi connectivity index (χ0) is 19.8. The molecule has 2 amide bonds. The predicted molar refractivity (Wildman–Crippen MR) is 96.2 cm³/mol. The molecule has 0 N–H and O–H groups in total. The van der Waals surface area contributed by atoms with Crippen LogP contribution in [-0.4, -0.2) is 36.2 Å². The van der Waals surface area contributed by atoms with Crippen molar-refractivity contribution in [2.24, 2.45) is 11.1 Å². The number of hydrogen-bond donors (Lipinski definition) is 0. The molecule has 1 fully saturated rings. The van der Waals surface area contributed by atoms with Crippen LogP contribution in [0.1, 0.15) is 22.8 Å². The lowest BCUT2D eigenvalue weighted by molar-refractivity contribution is -0.126. The van der Waals surface area contributed by atoms with Crippen LogP contribution in [0.4, 0.5) is 10.1 Å². The number of imide groups is 1. The summed E-state index contributed by atoms with van der Waals surface area (Å²) in [6.07, 6.45) is -1.06. The number of carbonyl (C=O) groups is 3. The molecular weight excluding hydrogens is 367 g/mol. The van der Waals surface area contributed by atoms with E-state index in [4.69, 9.17) is 9.57 Å². The van der Waals surface area contributed by atoms with Gasteiger partial charge in [-0.2, -0.15) is 0 Å². The van der Waals surface area contributed by atoms with Crippen molar-refractivity contribution in [3.05, 3.63) is 65.5 Å². The van der Waals surface area contributed by atoms with Gasteiger partial charge < -0.3 is 9.57 Å². The molecular formula is C20H15FN2O5. The fourth-order valence-corrected chi connectivity index (χ4v) is 3.25. The Labute approximate surface area is 159 Å². The minimum Gasteiger partial charge on any atom is -0.462 e. The number of oxime groups is 1. The summed E-state index contributed by atoms with van der Waals surface area (Å²) in [6, 6.07) is 11.4. The number of anilines is 1. The molecule has 2 aliphatic rings. The summed E-state index contributed by atoms with van der Waals surface area (Å²) in [5.74, 6) is -2.84. The molecule has 2 aromatic rings. The summed E-state index contributed by atoms with van der Waals surface area (Å²) in [7, 11) is 0. The largest absolute Gasteiger partial charge is 0.462 e. The van der Waals surface area contributed by atoms with Gasteiger partial charge in [0.2, 0.25) is 12.0 Å². The summed E-state index contributed by atoms with van der Waals surface area (Å²) in [4.78, 5) is 43.6. The highest BCUT2D eigenvalue weighted by Crippen LogP contribution is 2.35. The van der Waals surface area contributed by atoms with Gasteiger partial charge in [-0.05, 0) is 43.3 Å². The van der Waals surface area contributed by atoms with Crippen LogP contribution in [-0.2, 0) is 19.2 Å². The number of nitrogens with zero attached hydrogens (tertiary/aromatic N) is 2. The van der Waals surface area contributed by atoms with Gasteiger partial charge in [0.1, 0.15) is 17.4 Å². The molecule has 0 aliphatic carbocycles. The highest BCUT2D eigenvalue weighted by atomic mass is 19.1. The van der Waals surface area contributed by atoms with Gasteiger partial charge in [0.05, 0.1) is 17.9 Å². The molecule has 28 heavy (non-hydrogen) atoms. The predicted octanol–water partition coefficient (Wildman–Crippen LogP) is 2.29. The van der Waals surface area contributed by atoms with E-state index in [1.807, 2.05) is 0 Å². The summed E-state index contributed by atoms with van der Waals surface area (Å²) < 4.78 is 18.1. The number of halogens is 1. The van der Waals surface area contributed by atoms with Gasteiger partial charge in [0.15, 0.2) is 0 Å². The van der Waals surface area contributed by atoms with Crippen molar-refractivity contribution in [3.63, 3.8) is 0 Å². The first-order valence-corrected chi connectivity index (χ1v) is 8.66. The summed E-state index contributed by atoms with van der Waals surface area (Å²) in [5, 5.41) is 3.87. The van der Waals surface area contributed by atoms with E-state index in [9.17, 15) is 18.8 Å². The normalized spacial score (nSPS) is 20.6. The summed E-state index contributed by atoms with van der Waals surface area (Å²) >= 11 is 0. The molecule has 8 heteroatoms. The Hall–Kier alpha value is -3.55. The number of fused-ring (bicyclic) bond motifs is 1. The van der Waals surface area contributed by atoms with Crippen LogP contribution in [0.3, 0.4) is 0 Å². The van der Waals surface area contributed by atoms with Crippen molar-refractivity contribution in [2.45, 2.75) is 13.0 Å². The number of carbonyl (C=O) groups excluding carboxylic acids is 3. The molecule has 0 unspecified atom stereocenters. The summed E-state index contributed by atoms with van der Waals surface area (Å²) in [5.41, 5.74) is 1.43. The van der Waals surface area contributed by atoms with Gasteiger partial charge in [-0.15, -0.1) is 0 Å². The van der Waals surface area contributed by atoms with Crippen LogP contribution in [0.25, 0.3) is 0 Å². The van der Waals surface area contributed by atoms with E-state index < -0.39 is 35.6 Å². The molecule has 0 bridgehead atoms. The third-order valence-electron chi connectivity index (χ3n) is 4.59. The molecule has 0 spiro atoms. The Kier molecular flexibility index (Phi) is 4.38. The Morgan fingerprint density at radius 2 is 1.79 bits per heavy atom. The van der Waals surface area contributed by atoms with E-state index in [2.05, 4.69) is 5.16 Å². The molecule has 4 rings (SSSR count). The summed E-state index contributed by atoms with van der Waals surface area (Å²) in [6.45, 7) is 1.95. The van der Waals surface area contributed by atoms with Crippen LogP contribution < -0.4 is 4.90 Å². The van der Waals surface area contributed by atoms with E-state index in [1.54, 1.807) is 6.92 Å². The third-order valence-corrected chi connectivity index (χ3v) is 4.59. The van der Waals surface area contributed by atoms with Crippen molar-refractivity contribution in [1.29, 1.82) is 0 Å². The van der Waals surface area contributed by atoms with Crippen molar-refractivity contribution < 1.29 is 28.3 Å². The quantitative estimate of drug-likeness (QED) is 0.598. The lowest BCUT2D eigenvalue weighted by atomic mass is 9.94. The van der Waals surface area contributed by atoms with E-state index >= 15 is 0 Å². The Morgan fingerprint density at radius 3 is 2.43 bits per heavy atom. The topological polar surface area (TPSA) is 85.3 Å². The molecule has 2 atom stereocenters.